The van der Waals surface area contributed by atoms with Crippen LogP contribution in [0.5, 0.6) is 11.5 Å². The SMILES string of the molecule is CCCCOc1c(C(O)C(C(=O)OC)C2CCC(CCC)CC2)ccc(OCC)c1F. The van der Waals surface area contributed by atoms with Crippen LogP contribution in [-0.4, -0.2) is 31.4 Å². The average molecular weight is 439 g/mol. The Kier molecular flexibility index (Phi) is 10.6. The summed E-state index contributed by atoms with van der Waals surface area (Å²) in [6.45, 7) is 6.64. The predicted octanol–water partition coefficient (Wildman–Crippen LogP) is 5.83. The number of aliphatic hydroxyl groups is 1. The molecule has 0 heterocycles. The van der Waals surface area contributed by atoms with Crippen molar-refractivity contribution >= 4 is 5.97 Å². The molecule has 0 saturated heterocycles. The molecular weight excluding hydrogens is 399 g/mol. The Morgan fingerprint density at radius 1 is 1.13 bits per heavy atom. The summed E-state index contributed by atoms with van der Waals surface area (Å²) < 4.78 is 31.3. The number of hydrogen-bond acceptors (Lipinski definition) is 5. The molecule has 0 aromatic heterocycles. The number of ether oxygens (including phenoxy) is 3. The molecule has 31 heavy (non-hydrogen) atoms. The second kappa shape index (κ2) is 12.9. The van der Waals surface area contributed by atoms with Crippen LogP contribution < -0.4 is 9.47 Å². The Morgan fingerprint density at radius 3 is 2.42 bits per heavy atom. The van der Waals surface area contributed by atoms with Gasteiger partial charge in [0.05, 0.1) is 32.3 Å². The molecular formula is C25H39FO5. The van der Waals surface area contributed by atoms with E-state index < -0.39 is 23.8 Å². The maximum atomic E-state index is 15.2. The molecule has 5 nitrogen and oxygen atoms in total. The van der Waals surface area contributed by atoms with Crippen LogP contribution in [0.15, 0.2) is 12.1 Å². The lowest BCUT2D eigenvalue weighted by Gasteiger charge is -2.35. The summed E-state index contributed by atoms with van der Waals surface area (Å²) >= 11 is 0. The van der Waals surface area contributed by atoms with E-state index in [4.69, 9.17) is 14.2 Å². The number of benzene rings is 1. The van der Waals surface area contributed by atoms with Crippen molar-refractivity contribution in [2.24, 2.45) is 17.8 Å². The molecule has 1 N–H and O–H groups in total. The van der Waals surface area contributed by atoms with Gasteiger partial charge < -0.3 is 19.3 Å². The van der Waals surface area contributed by atoms with Crippen molar-refractivity contribution in [3.05, 3.63) is 23.5 Å². The van der Waals surface area contributed by atoms with Gasteiger partial charge in [-0.1, -0.05) is 46.0 Å². The number of rotatable bonds is 12. The highest BCUT2D eigenvalue weighted by molar-refractivity contribution is 5.74. The molecule has 0 amide bonds. The van der Waals surface area contributed by atoms with E-state index in [-0.39, 0.29) is 23.0 Å². The molecule has 0 radical (unpaired) electrons. The Bertz CT molecular complexity index is 685. The number of carbonyl (C=O) groups is 1. The zero-order valence-electron chi connectivity index (χ0n) is 19.5. The lowest BCUT2D eigenvalue weighted by molar-refractivity contribution is -0.153. The summed E-state index contributed by atoms with van der Waals surface area (Å²) in [4.78, 5) is 12.7. The Morgan fingerprint density at radius 2 is 1.84 bits per heavy atom. The van der Waals surface area contributed by atoms with E-state index in [0.717, 1.165) is 44.9 Å². The quantitative estimate of drug-likeness (QED) is 0.328. The lowest BCUT2D eigenvalue weighted by atomic mass is 9.72. The van der Waals surface area contributed by atoms with Crippen molar-refractivity contribution in [1.29, 1.82) is 0 Å². The van der Waals surface area contributed by atoms with Gasteiger partial charge in [-0.05, 0) is 50.2 Å². The largest absolute Gasteiger partial charge is 0.491 e. The number of hydrogen-bond donors (Lipinski definition) is 1. The highest BCUT2D eigenvalue weighted by Gasteiger charge is 2.40. The summed E-state index contributed by atoms with van der Waals surface area (Å²) in [5, 5.41) is 11.3. The molecule has 0 bridgehead atoms. The van der Waals surface area contributed by atoms with E-state index in [9.17, 15) is 9.90 Å². The molecule has 1 fully saturated rings. The van der Waals surface area contributed by atoms with Crippen molar-refractivity contribution in [3.8, 4) is 11.5 Å². The average Bonchev–Trinajstić information content (AvgIpc) is 2.77. The van der Waals surface area contributed by atoms with Gasteiger partial charge in [0.15, 0.2) is 11.5 Å². The molecule has 1 aromatic rings. The fourth-order valence-corrected chi connectivity index (χ4v) is 4.67. The summed E-state index contributed by atoms with van der Waals surface area (Å²) in [6, 6.07) is 3.11. The zero-order chi connectivity index (χ0) is 22.8. The van der Waals surface area contributed by atoms with E-state index >= 15 is 4.39 Å². The third-order valence-corrected chi connectivity index (χ3v) is 6.36. The van der Waals surface area contributed by atoms with Crippen molar-refractivity contribution < 1.29 is 28.5 Å². The summed E-state index contributed by atoms with van der Waals surface area (Å²) in [5.74, 6) is -1.12. The molecule has 2 unspecified atom stereocenters. The minimum atomic E-state index is -1.21. The third kappa shape index (κ3) is 6.58. The van der Waals surface area contributed by atoms with Crippen molar-refractivity contribution in [2.45, 2.75) is 78.2 Å². The molecule has 1 aromatic carbocycles. The van der Waals surface area contributed by atoms with E-state index in [1.165, 1.54) is 19.6 Å². The van der Waals surface area contributed by atoms with Gasteiger partial charge in [0.1, 0.15) is 0 Å². The number of unbranched alkanes of at least 4 members (excludes halogenated alkanes) is 1. The fourth-order valence-electron chi connectivity index (χ4n) is 4.67. The highest BCUT2D eigenvalue weighted by atomic mass is 19.1. The number of halogens is 1. The first kappa shape index (κ1) is 25.4. The molecule has 0 spiro atoms. The van der Waals surface area contributed by atoms with Crippen LogP contribution in [0.1, 0.15) is 83.8 Å². The first-order valence-electron chi connectivity index (χ1n) is 11.8. The number of esters is 1. The highest BCUT2D eigenvalue weighted by Crippen LogP contribution is 2.44. The van der Waals surface area contributed by atoms with Gasteiger partial charge in [0.25, 0.3) is 0 Å². The molecule has 1 aliphatic rings. The topological polar surface area (TPSA) is 65.0 Å². The molecule has 6 heteroatoms. The minimum Gasteiger partial charge on any atom is -0.491 e. The van der Waals surface area contributed by atoms with Gasteiger partial charge in [-0.15, -0.1) is 0 Å². The molecule has 2 atom stereocenters. The fraction of sp³-hybridized carbons (Fsp3) is 0.720. The smallest absolute Gasteiger partial charge is 0.311 e. The standard InChI is InChI=1S/C25H39FO5/c1-5-8-16-31-24-19(14-15-20(22(24)26)30-7-3)23(27)21(25(28)29-4)18-12-10-17(9-6-2)11-13-18/h14-15,17-18,21,23,27H,5-13,16H2,1-4H3. The predicted molar refractivity (Wildman–Crippen MR) is 119 cm³/mol. The Labute approximate surface area is 186 Å². The normalized spacial score (nSPS) is 20.7. The minimum absolute atomic E-state index is 0.00585. The monoisotopic (exact) mass is 438 g/mol. The van der Waals surface area contributed by atoms with Gasteiger partial charge in [-0.25, -0.2) is 0 Å². The van der Waals surface area contributed by atoms with Crippen molar-refractivity contribution in [1.82, 2.24) is 0 Å². The molecule has 1 saturated carbocycles. The van der Waals surface area contributed by atoms with Crippen LogP contribution in [0.4, 0.5) is 4.39 Å². The summed E-state index contributed by atoms with van der Waals surface area (Å²) in [6.07, 6.45) is 6.58. The molecule has 1 aliphatic carbocycles. The van der Waals surface area contributed by atoms with Crippen LogP contribution in [0.3, 0.4) is 0 Å². The van der Waals surface area contributed by atoms with Gasteiger partial charge in [0, 0.05) is 5.56 Å². The maximum Gasteiger partial charge on any atom is 0.311 e. The number of aliphatic hydroxyl groups excluding tert-OH is 1. The van der Waals surface area contributed by atoms with Crippen LogP contribution in [0.25, 0.3) is 0 Å². The van der Waals surface area contributed by atoms with Crippen LogP contribution in [0, 0.1) is 23.6 Å². The van der Waals surface area contributed by atoms with Gasteiger partial charge in [0.2, 0.25) is 5.82 Å². The van der Waals surface area contributed by atoms with Crippen LogP contribution in [0.2, 0.25) is 0 Å². The number of methoxy groups -OCH3 is 1. The van der Waals surface area contributed by atoms with Crippen molar-refractivity contribution in [3.63, 3.8) is 0 Å². The molecule has 2 rings (SSSR count). The molecule has 176 valence electrons. The van der Waals surface area contributed by atoms with Gasteiger partial charge >= 0.3 is 5.97 Å². The van der Waals surface area contributed by atoms with Gasteiger partial charge in [-0.3, -0.25) is 4.79 Å². The van der Waals surface area contributed by atoms with E-state index in [1.807, 2.05) is 6.92 Å². The maximum absolute atomic E-state index is 15.2. The first-order valence-corrected chi connectivity index (χ1v) is 11.8. The molecule has 0 aliphatic heterocycles. The van der Waals surface area contributed by atoms with E-state index in [0.29, 0.717) is 19.1 Å². The summed E-state index contributed by atoms with van der Waals surface area (Å²) in [7, 11) is 1.34. The lowest BCUT2D eigenvalue weighted by Crippen LogP contribution is -2.33. The summed E-state index contributed by atoms with van der Waals surface area (Å²) in [5.41, 5.74) is 0.281. The first-order chi connectivity index (χ1) is 15.0. The van der Waals surface area contributed by atoms with Gasteiger partial charge in [-0.2, -0.15) is 4.39 Å². The van der Waals surface area contributed by atoms with Crippen LogP contribution >= 0.6 is 0 Å². The Hall–Kier alpha value is -1.82. The van der Waals surface area contributed by atoms with E-state index in [2.05, 4.69) is 6.92 Å². The Balaban J connectivity index is 2.33. The second-order valence-corrected chi connectivity index (χ2v) is 8.49. The van der Waals surface area contributed by atoms with E-state index in [1.54, 1.807) is 13.0 Å². The second-order valence-electron chi connectivity index (χ2n) is 8.49. The zero-order valence-corrected chi connectivity index (χ0v) is 19.5. The number of carbonyl (C=O) groups excluding carboxylic acids is 1. The van der Waals surface area contributed by atoms with Crippen LogP contribution in [-0.2, 0) is 9.53 Å². The third-order valence-electron chi connectivity index (χ3n) is 6.36. The van der Waals surface area contributed by atoms with Crippen molar-refractivity contribution in [2.75, 3.05) is 20.3 Å².